The van der Waals surface area contributed by atoms with Gasteiger partial charge in [0, 0.05) is 125 Å². The smallest absolute Gasteiger partial charge is 0.257 e. The molecule has 0 saturated heterocycles. The second kappa shape index (κ2) is 25.5. The molecule has 14 nitrogen and oxygen atoms in total. The second-order valence-electron chi connectivity index (χ2n) is 17.4. The van der Waals surface area contributed by atoms with Crippen LogP contribution in [0.5, 0.6) is 57.5 Å². The predicted octanol–water partition coefficient (Wildman–Crippen LogP) is 9.60. The van der Waals surface area contributed by atoms with Crippen molar-refractivity contribution in [3.63, 3.8) is 0 Å². The van der Waals surface area contributed by atoms with Crippen LogP contribution in [0.4, 0.5) is 0 Å². The van der Waals surface area contributed by atoms with Crippen molar-refractivity contribution in [2.45, 2.75) is 58.3 Å². The minimum atomic E-state index is -0.257. The van der Waals surface area contributed by atoms with Crippen LogP contribution in [-0.2, 0) is 36.9 Å². The first-order chi connectivity index (χ1) is 35.1. The van der Waals surface area contributed by atoms with Crippen LogP contribution in [0.15, 0.2) is 90.2 Å². The topological polar surface area (TPSA) is 147 Å². The number of carbonyl (C=O) groups is 1. The number of carbonyl (C=O) groups excluding carboxylic acids is 1. The summed E-state index contributed by atoms with van der Waals surface area (Å²) in [4.78, 5) is 22.0. The Hall–Kier alpha value is -7.61. The molecule has 0 atom stereocenters. The molecule has 10 bridgehead atoms. The number of aromatic nitrogens is 1. The van der Waals surface area contributed by atoms with Crippen LogP contribution < -0.4 is 52.7 Å². The second-order valence-corrected chi connectivity index (χ2v) is 17.4. The molecular formula is C58H67N3O11. The van der Waals surface area contributed by atoms with E-state index in [0.717, 1.165) is 74.0 Å². The van der Waals surface area contributed by atoms with Gasteiger partial charge in [0.05, 0.1) is 63.5 Å². The molecule has 1 amide bonds. The van der Waals surface area contributed by atoms with E-state index in [0.29, 0.717) is 116 Å². The first-order valence-electron chi connectivity index (χ1n) is 24.2. The maximum atomic E-state index is 13.4. The minimum absolute atomic E-state index is 0.216. The van der Waals surface area contributed by atoms with Gasteiger partial charge in [-0.05, 0) is 79.6 Å². The van der Waals surface area contributed by atoms with Gasteiger partial charge in [0.2, 0.25) is 0 Å². The molecule has 0 aliphatic heterocycles. The molecule has 14 heteroatoms. The highest BCUT2D eigenvalue weighted by atomic mass is 16.5. The summed E-state index contributed by atoms with van der Waals surface area (Å²) in [6, 6.07) is 23.9. The zero-order valence-electron chi connectivity index (χ0n) is 43.0. The number of hydrogen-bond donors (Lipinski definition) is 1. The first-order valence-corrected chi connectivity index (χ1v) is 24.2. The van der Waals surface area contributed by atoms with E-state index in [-0.39, 0.29) is 12.5 Å². The van der Waals surface area contributed by atoms with Crippen molar-refractivity contribution in [1.82, 2.24) is 10.3 Å². The highest BCUT2D eigenvalue weighted by Crippen LogP contribution is 2.42. The van der Waals surface area contributed by atoms with E-state index in [1.54, 1.807) is 75.5 Å². The van der Waals surface area contributed by atoms with Gasteiger partial charge in [0.1, 0.15) is 57.5 Å². The Morgan fingerprint density at radius 2 is 0.861 bits per heavy atom. The van der Waals surface area contributed by atoms with Crippen LogP contribution in [0.1, 0.15) is 87.4 Å². The van der Waals surface area contributed by atoms with Crippen molar-refractivity contribution < 1.29 is 52.2 Å². The maximum Gasteiger partial charge on any atom is 0.257 e. The molecule has 0 saturated carbocycles. The van der Waals surface area contributed by atoms with Gasteiger partial charge in [-0.2, -0.15) is 0 Å². The molecule has 10 aliphatic carbocycles. The molecule has 1 heterocycles. The van der Waals surface area contributed by atoms with Gasteiger partial charge in [-0.3, -0.25) is 14.8 Å². The highest BCUT2D eigenvalue weighted by Gasteiger charge is 2.24. The lowest BCUT2D eigenvalue weighted by atomic mass is 9.94. The molecule has 6 aromatic rings. The van der Waals surface area contributed by atoms with Crippen molar-refractivity contribution in [2.75, 3.05) is 83.2 Å². The molecule has 1 aromatic heterocycles. The van der Waals surface area contributed by atoms with Crippen molar-refractivity contribution in [3.05, 3.63) is 146 Å². The van der Waals surface area contributed by atoms with Crippen LogP contribution >= 0.6 is 0 Å². The van der Waals surface area contributed by atoms with E-state index in [1.807, 2.05) is 72.8 Å². The Morgan fingerprint density at radius 1 is 0.514 bits per heavy atom. The van der Waals surface area contributed by atoms with E-state index in [4.69, 9.17) is 47.4 Å². The SMILES string of the molecule is CCCCOc1cc2c(OCC(=O)NCCCN=Cc3cccnc3)cc1Cc1cc(OC)c(cc1OC)Cc1cc(OC)c(cc1OC)Cc1cc(OC)c(cc1OC)Cc1cc(OC)c(cc1OC)C2. The number of nitrogens with zero attached hydrogens (tertiary/aromatic N) is 2. The Balaban J connectivity index is 1.35. The molecule has 1 N–H and O–H groups in total. The molecule has 72 heavy (non-hydrogen) atoms. The van der Waals surface area contributed by atoms with Crippen molar-refractivity contribution >= 4 is 12.1 Å². The van der Waals surface area contributed by atoms with E-state index in [9.17, 15) is 4.79 Å². The van der Waals surface area contributed by atoms with Crippen LogP contribution in [-0.4, -0.2) is 100 Å². The Morgan fingerprint density at radius 3 is 1.19 bits per heavy atom. The lowest BCUT2D eigenvalue weighted by Gasteiger charge is -2.21. The molecule has 5 aromatic carbocycles. The van der Waals surface area contributed by atoms with E-state index in [2.05, 4.69) is 22.2 Å². The monoisotopic (exact) mass is 981 g/mol. The van der Waals surface area contributed by atoms with Crippen LogP contribution in [0.25, 0.3) is 0 Å². The van der Waals surface area contributed by atoms with Crippen molar-refractivity contribution in [2.24, 2.45) is 4.99 Å². The number of hydrogen-bond acceptors (Lipinski definition) is 13. The van der Waals surface area contributed by atoms with Gasteiger partial charge in [-0.25, -0.2) is 0 Å². The van der Waals surface area contributed by atoms with Gasteiger partial charge >= 0.3 is 0 Å². The lowest BCUT2D eigenvalue weighted by Crippen LogP contribution is -2.30. The number of ether oxygens (including phenoxy) is 10. The van der Waals surface area contributed by atoms with Crippen molar-refractivity contribution in [3.8, 4) is 57.5 Å². The first kappa shape index (κ1) is 52.2. The fourth-order valence-electron chi connectivity index (χ4n) is 8.96. The van der Waals surface area contributed by atoms with Gasteiger partial charge < -0.3 is 52.7 Å². The number of nitrogens with one attached hydrogen (secondary N) is 1. The summed E-state index contributed by atoms with van der Waals surface area (Å²) in [5.41, 5.74) is 9.62. The third kappa shape index (κ3) is 12.8. The summed E-state index contributed by atoms with van der Waals surface area (Å²) in [6.07, 6.45) is 9.86. The van der Waals surface area contributed by atoms with Crippen LogP contribution in [0.2, 0.25) is 0 Å². The fourth-order valence-corrected chi connectivity index (χ4v) is 8.96. The molecule has 0 unspecified atom stereocenters. The van der Waals surface area contributed by atoms with Crippen molar-refractivity contribution in [1.29, 1.82) is 0 Å². The fraction of sp³-hybridized carbons (Fsp3) is 0.362. The van der Waals surface area contributed by atoms with Gasteiger partial charge in [-0.15, -0.1) is 0 Å². The summed E-state index contributed by atoms with van der Waals surface area (Å²) >= 11 is 0. The number of aliphatic imine (C=N–C) groups is 1. The largest absolute Gasteiger partial charge is 0.496 e. The molecule has 0 radical (unpaired) electrons. The summed E-state index contributed by atoms with van der Waals surface area (Å²) in [5, 5.41) is 2.99. The minimum Gasteiger partial charge on any atom is -0.496 e. The molecule has 10 aliphatic rings. The molecule has 16 rings (SSSR count). The maximum absolute atomic E-state index is 13.4. The lowest BCUT2D eigenvalue weighted by molar-refractivity contribution is -0.123. The van der Waals surface area contributed by atoms with E-state index < -0.39 is 0 Å². The quantitative estimate of drug-likeness (QED) is 0.0573. The number of benzene rings is 5. The van der Waals surface area contributed by atoms with Gasteiger partial charge in [0.15, 0.2) is 6.61 Å². The normalized spacial score (nSPS) is 12.1. The Kier molecular flexibility index (Phi) is 18.5. The van der Waals surface area contributed by atoms with Gasteiger partial charge in [-0.1, -0.05) is 19.4 Å². The predicted molar refractivity (Wildman–Crippen MR) is 279 cm³/mol. The standard InChI is InChI=1S/C58H67N3O11/c1-10-11-18-71-56-32-47-23-45-31-53(68-7)43(29-55(45)70-9)21-41-27-49(64-3)39(25-51(41)66-5)19-38-24-50(65-4)40(26-48(38)63-2)20-42-28-54(69-8)44(30-52(42)67-6)22-46(56)33-57(47)72-36-58(62)61-17-13-16-60-35-37-14-12-15-59-34-37/h12,14-15,24-35H,10-11,13,16-23,36H2,1-9H3,(H,61,62). The number of unbranched alkanes of at least 4 members (excludes halogenated alkanes) is 1. The summed E-state index contributed by atoms with van der Waals surface area (Å²) < 4.78 is 61.8. The van der Waals surface area contributed by atoms with E-state index >= 15 is 0 Å². The summed E-state index contributed by atoms with van der Waals surface area (Å²) in [6.45, 7) is 3.40. The molecular weight excluding hydrogens is 915 g/mol. The number of rotatable bonds is 20. The Labute approximate surface area is 423 Å². The highest BCUT2D eigenvalue weighted by molar-refractivity contribution is 5.79. The molecule has 380 valence electrons. The third-order valence-electron chi connectivity index (χ3n) is 12.7. The average molecular weight is 982 g/mol. The Bertz CT molecular complexity index is 2830. The van der Waals surface area contributed by atoms with Gasteiger partial charge in [0.25, 0.3) is 5.91 Å². The number of methoxy groups -OCH3 is 8. The van der Waals surface area contributed by atoms with E-state index in [1.165, 1.54) is 0 Å². The zero-order chi connectivity index (χ0) is 51.0. The number of amides is 1. The molecule has 0 spiro atoms. The zero-order valence-corrected chi connectivity index (χ0v) is 43.0. The summed E-state index contributed by atoms with van der Waals surface area (Å²) in [5.74, 6) is 6.33. The average Bonchev–Trinajstić information content (AvgIpc) is 3.40. The van der Waals surface area contributed by atoms with Crippen LogP contribution in [0, 0.1) is 0 Å². The third-order valence-corrected chi connectivity index (χ3v) is 12.7. The van der Waals surface area contributed by atoms with Crippen LogP contribution in [0.3, 0.4) is 0 Å². The number of pyridine rings is 1. The molecule has 0 fully saturated rings. The summed E-state index contributed by atoms with van der Waals surface area (Å²) in [7, 11) is 13.3.